The number of ether oxygens (including phenoxy) is 2. The molecule has 2 heterocycles. The average molecular weight is 584 g/mol. The normalized spacial score (nSPS) is 20.1. The number of para-hydroxylation sites is 1. The van der Waals surface area contributed by atoms with Gasteiger partial charge < -0.3 is 19.5 Å². The molecule has 0 saturated carbocycles. The molecule has 3 aromatic carbocycles. The lowest BCUT2D eigenvalue weighted by Crippen LogP contribution is -2.43. The number of benzene rings is 3. The van der Waals surface area contributed by atoms with E-state index in [1.165, 1.54) is 42.9 Å². The molecule has 3 N–H and O–H groups in total. The standard InChI is InChI=1S/C21H25NO.C10H10O3.H2O4S/c1-22-18-12-13-19(22)15-20(14-18)23-21(16-8-4-2-5-9-16)17-10-6-3-7-11-17;1-13-9-5-3-2-4-8(9)6-7-10(11)12;1-5(2,3)4/h2-11,18-21H,12-15H2,1H3;2-7H,1H3,(H,11,12);(H2,1,2,3,4). The van der Waals surface area contributed by atoms with Crippen molar-refractivity contribution in [2.45, 2.75) is 50.0 Å². The third-order valence-corrected chi connectivity index (χ3v) is 7.13. The molecule has 0 radical (unpaired) electrons. The molecule has 0 aliphatic carbocycles. The Morgan fingerprint density at radius 2 is 1.34 bits per heavy atom. The van der Waals surface area contributed by atoms with E-state index in [0.29, 0.717) is 23.9 Å². The van der Waals surface area contributed by atoms with Gasteiger partial charge in [-0.1, -0.05) is 78.9 Å². The molecule has 3 aromatic rings. The lowest BCUT2D eigenvalue weighted by molar-refractivity contribution is -0.131. The monoisotopic (exact) mass is 583 g/mol. The Morgan fingerprint density at radius 3 is 1.80 bits per heavy atom. The molecule has 0 aromatic heterocycles. The number of carboxylic acid groups (broad SMARTS) is 1. The molecule has 2 unspecified atom stereocenters. The summed E-state index contributed by atoms with van der Waals surface area (Å²) in [7, 11) is -0.835. The van der Waals surface area contributed by atoms with Gasteiger partial charge in [0.15, 0.2) is 0 Å². The maximum absolute atomic E-state index is 10.2. The summed E-state index contributed by atoms with van der Waals surface area (Å²) in [6.45, 7) is 0. The van der Waals surface area contributed by atoms with Gasteiger partial charge in [0.1, 0.15) is 11.9 Å². The summed E-state index contributed by atoms with van der Waals surface area (Å²) in [5.74, 6) is -0.300. The third-order valence-electron chi connectivity index (χ3n) is 7.13. The first-order valence-electron chi connectivity index (χ1n) is 13.3. The van der Waals surface area contributed by atoms with E-state index in [2.05, 4.69) is 72.6 Å². The smallest absolute Gasteiger partial charge is 0.394 e. The van der Waals surface area contributed by atoms with Crippen molar-refractivity contribution in [3.63, 3.8) is 0 Å². The van der Waals surface area contributed by atoms with Crippen LogP contribution in [0.25, 0.3) is 6.08 Å². The van der Waals surface area contributed by atoms with Gasteiger partial charge in [0.2, 0.25) is 0 Å². The van der Waals surface area contributed by atoms with E-state index in [1.807, 2.05) is 12.1 Å². The first kappa shape index (κ1) is 32.0. The molecule has 5 rings (SSSR count). The van der Waals surface area contributed by atoms with E-state index in [-0.39, 0.29) is 6.10 Å². The van der Waals surface area contributed by atoms with E-state index in [0.717, 1.165) is 11.6 Å². The Hall–Kier alpha value is -3.54. The highest BCUT2D eigenvalue weighted by Crippen LogP contribution is 2.38. The molecule has 2 fully saturated rings. The molecular weight excluding hydrogens is 546 g/mol. The highest BCUT2D eigenvalue weighted by molar-refractivity contribution is 7.79. The molecule has 0 amide bonds. The molecular formula is C31H37NO8S. The van der Waals surface area contributed by atoms with Crippen molar-refractivity contribution in [2.75, 3.05) is 14.2 Å². The zero-order valence-corrected chi connectivity index (χ0v) is 23.9. The molecule has 2 atom stereocenters. The maximum atomic E-state index is 10.2. The van der Waals surface area contributed by atoms with Crippen LogP contribution in [0, 0.1) is 0 Å². The Labute approximate surface area is 241 Å². The van der Waals surface area contributed by atoms with Crippen molar-refractivity contribution >= 4 is 22.4 Å². The van der Waals surface area contributed by atoms with Crippen molar-refractivity contribution in [1.82, 2.24) is 4.90 Å². The molecule has 2 bridgehead atoms. The minimum atomic E-state index is -4.67. The van der Waals surface area contributed by atoms with E-state index >= 15 is 0 Å². The summed E-state index contributed by atoms with van der Waals surface area (Å²) in [6.07, 6.45) is 8.01. The molecule has 220 valence electrons. The summed E-state index contributed by atoms with van der Waals surface area (Å²) in [6, 6.07) is 29.9. The van der Waals surface area contributed by atoms with Crippen molar-refractivity contribution in [2.24, 2.45) is 0 Å². The van der Waals surface area contributed by atoms with E-state index in [4.69, 9.17) is 32.1 Å². The maximum Gasteiger partial charge on any atom is 0.394 e. The van der Waals surface area contributed by atoms with Gasteiger partial charge in [-0.3, -0.25) is 9.11 Å². The Bertz CT molecular complexity index is 1300. The number of carbonyl (C=O) groups is 1. The number of aliphatic carboxylic acids is 1. The minimum absolute atomic E-state index is 0.0465. The van der Waals surface area contributed by atoms with Gasteiger partial charge in [-0.15, -0.1) is 0 Å². The van der Waals surface area contributed by atoms with Gasteiger partial charge in [0.05, 0.1) is 13.2 Å². The van der Waals surface area contributed by atoms with Crippen LogP contribution in [-0.2, 0) is 19.9 Å². The highest BCUT2D eigenvalue weighted by Gasteiger charge is 2.39. The van der Waals surface area contributed by atoms with Crippen LogP contribution in [0.1, 0.15) is 48.5 Å². The fourth-order valence-corrected chi connectivity index (χ4v) is 5.24. The van der Waals surface area contributed by atoms with Crippen molar-refractivity contribution in [3.05, 3.63) is 108 Å². The van der Waals surface area contributed by atoms with Gasteiger partial charge in [-0.2, -0.15) is 8.42 Å². The fraction of sp³-hybridized carbons (Fsp3) is 0.323. The van der Waals surface area contributed by atoms with E-state index in [9.17, 15) is 4.79 Å². The van der Waals surface area contributed by atoms with Gasteiger partial charge in [0, 0.05) is 23.7 Å². The van der Waals surface area contributed by atoms with Crippen LogP contribution in [0.5, 0.6) is 5.75 Å². The number of hydrogen-bond acceptors (Lipinski definition) is 6. The van der Waals surface area contributed by atoms with Gasteiger partial charge in [0.25, 0.3) is 0 Å². The molecule has 2 aliphatic heterocycles. The Kier molecular flexibility index (Phi) is 12.1. The summed E-state index contributed by atoms with van der Waals surface area (Å²) >= 11 is 0. The minimum Gasteiger partial charge on any atom is -0.496 e. The number of nitrogens with zero attached hydrogens (tertiary/aromatic N) is 1. The predicted octanol–water partition coefficient (Wildman–Crippen LogP) is 5.56. The SMILES string of the molecule is CN1C2CCC1CC(OC(c1ccccc1)c1ccccc1)C2.COc1ccccc1C=CC(=O)O.O=S(=O)(O)O. The summed E-state index contributed by atoms with van der Waals surface area (Å²) in [4.78, 5) is 12.8. The lowest BCUT2D eigenvalue weighted by atomic mass is 9.97. The number of piperidine rings is 1. The summed E-state index contributed by atoms with van der Waals surface area (Å²) in [5.41, 5.74) is 3.27. The van der Waals surface area contributed by atoms with Crippen LogP contribution in [0.15, 0.2) is 91.0 Å². The molecule has 2 aliphatic rings. The zero-order chi connectivity index (χ0) is 29.8. The summed E-state index contributed by atoms with van der Waals surface area (Å²) < 4.78 is 43.3. The van der Waals surface area contributed by atoms with Crippen LogP contribution in [-0.4, -0.2) is 65.8 Å². The van der Waals surface area contributed by atoms with Gasteiger partial charge >= 0.3 is 16.4 Å². The highest BCUT2D eigenvalue weighted by atomic mass is 32.3. The second kappa shape index (κ2) is 15.5. The Morgan fingerprint density at radius 1 is 0.878 bits per heavy atom. The van der Waals surface area contributed by atoms with Crippen LogP contribution in [0.2, 0.25) is 0 Å². The van der Waals surface area contributed by atoms with Crippen molar-refractivity contribution in [3.8, 4) is 5.75 Å². The zero-order valence-electron chi connectivity index (χ0n) is 23.1. The average Bonchev–Trinajstić information content (AvgIpc) is 3.15. The first-order valence-corrected chi connectivity index (χ1v) is 14.7. The van der Waals surface area contributed by atoms with E-state index < -0.39 is 16.4 Å². The van der Waals surface area contributed by atoms with E-state index in [1.54, 1.807) is 19.2 Å². The molecule has 9 nitrogen and oxygen atoms in total. The largest absolute Gasteiger partial charge is 0.496 e. The van der Waals surface area contributed by atoms with Gasteiger partial charge in [-0.05, 0) is 56.0 Å². The molecule has 10 heteroatoms. The Balaban J connectivity index is 0.000000217. The van der Waals surface area contributed by atoms with Crippen LogP contribution in [0.3, 0.4) is 0 Å². The van der Waals surface area contributed by atoms with Crippen molar-refractivity contribution < 1.29 is 36.9 Å². The van der Waals surface area contributed by atoms with Crippen LogP contribution in [0.4, 0.5) is 0 Å². The van der Waals surface area contributed by atoms with Crippen molar-refractivity contribution in [1.29, 1.82) is 0 Å². The molecule has 41 heavy (non-hydrogen) atoms. The second-order valence-electron chi connectivity index (χ2n) is 9.84. The van der Waals surface area contributed by atoms with Crippen LogP contribution < -0.4 is 4.74 Å². The predicted molar refractivity (Wildman–Crippen MR) is 157 cm³/mol. The number of hydrogen-bond donors (Lipinski definition) is 3. The van der Waals surface area contributed by atoms with Crippen LogP contribution >= 0.6 is 0 Å². The second-order valence-corrected chi connectivity index (χ2v) is 10.7. The fourth-order valence-electron chi connectivity index (χ4n) is 5.24. The molecule has 0 spiro atoms. The number of rotatable bonds is 7. The first-order chi connectivity index (χ1) is 19.5. The molecule has 2 saturated heterocycles. The third kappa shape index (κ3) is 10.8. The quantitative estimate of drug-likeness (QED) is 0.241. The number of methoxy groups -OCH3 is 1. The lowest BCUT2D eigenvalue weighted by Gasteiger charge is -2.38. The number of carboxylic acids is 1. The summed E-state index contributed by atoms with van der Waals surface area (Å²) in [5, 5.41) is 8.41. The number of fused-ring (bicyclic) bond motifs is 2. The van der Waals surface area contributed by atoms with Gasteiger partial charge in [-0.25, -0.2) is 4.79 Å². The topological polar surface area (TPSA) is 134 Å².